The summed E-state index contributed by atoms with van der Waals surface area (Å²) in [5, 5.41) is 0.0245. The smallest absolute Gasteiger partial charge is 0.274 e. The highest BCUT2D eigenvalue weighted by Gasteiger charge is 2.29. The monoisotopic (exact) mass is 208 g/mol. The van der Waals surface area contributed by atoms with Crippen LogP contribution in [0.2, 0.25) is 0 Å². The van der Waals surface area contributed by atoms with Crippen molar-refractivity contribution in [2.45, 2.75) is 0 Å². The Labute approximate surface area is 85.8 Å². The third-order valence-electron chi connectivity index (χ3n) is 2.28. The maximum atomic E-state index is 13.5. The molecule has 0 bridgehead atoms. The number of hydrogen-bond acceptors (Lipinski definition) is 2. The molecule has 0 aromatic heterocycles. The highest BCUT2D eigenvalue weighted by Crippen LogP contribution is 2.24. The van der Waals surface area contributed by atoms with Crippen LogP contribution in [0.1, 0.15) is 10.4 Å². The minimum absolute atomic E-state index is 0.0110. The molecule has 0 spiro atoms. The number of para-hydroxylation sites is 1. The number of carbonyl (C=O) groups excluding carboxylic acids is 2. The fourth-order valence-electron chi connectivity index (χ4n) is 1.50. The van der Waals surface area contributed by atoms with Crippen molar-refractivity contribution in [1.82, 2.24) is 4.90 Å². The van der Waals surface area contributed by atoms with Gasteiger partial charge in [-0.05, 0) is 12.1 Å². The molecule has 4 nitrogen and oxygen atoms in total. The van der Waals surface area contributed by atoms with E-state index in [1.54, 1.807) is 12.1 Å². The van der Waals surface area contributed by atoms with Gasteiger partial charge in [-0.2, -0.15) is 0 Å². The number of amides is 2. The quantitative estimate of drug-likeness (QED) is 0.596. The summed E-state index contributed by atoms with van der Waals surface area (Å²) < 4.78 is 13.5. The summed E-state index contributed by atoms with van der Waals surface area (Å²) in [6, 6.07) is 6.12. The van der Waals surface area contributed by atoms with Gasteiger partial charge >= 0.3 is 0 Å². The Hall–Kier alpha value is -1.91. The van der Waals surface area contributed by atoms with Gasteiger partial charge in [0, 0.05) is 7.05 Å². The molecule has 1 heterocycles. The molecule has 1 aromatic rings. The molecule has 0 saturated carbocycles. The van der Waals surface area contributed by atoms with E-state index in [9.17, 15) is 14.1 Å². The molecule has 2 amide bonds. The lowest BCUT2D eigenvalue weighted by Crippen LogP contribution is -2.33. The molecule has 0 fully saturated rings. The van der Waals surface area contributed by atoms with Crippen molar-refractivity contribution in [1.29, 1.82) is 0 Å². The van der Waals surface area contributed by atoms with E-state index in [-0.39, 0.29) is 28.8 Å². The Morgan fingerprint density at radius 2 is 1.93 bits per heavy atom. The number of carbonyl (C=O) groups is 2. The second-order valence-corrected chi connectivity index (χ2v) is 3.35. The number of hydrogen-bond donors (Lipinski definition) is 0. The molecule has 0 aliphatic carbocycles. The van der Waals surface area contributed by atoms with Gasteiger partial charge < -0.3 is 4.90 Å². The fraction of sp³-hybridized carbons (Fsp3) is 0.200. The van der Waals surface area contributed by atoms with Crippen LogP contribution in [0.25, 0.3) is 0 Å². The zero-order valence-electron chi connectivity index (χ0n) is 8.11. The van der Waals surface area contributed by atoms with Gasteiger partial charge in [-0.15, -0.1) is 5.12 Å². The normalized spacial score (nSPS) is 16.4. The van der Waals surface area contributed by atoms with Gasteiger partial charge in [0.15, 0.2) is 0 Å². The summed E-state index contributed by atoms with van der Waals surface area (Å²) in [5.74, 6) is -1.09. The summed E-state index contributed by atoms with van der Waals surface area (Å²) in [7, 11) is 1.47. The highest BCUT2D eigenvalue weighted by molar-refractivity contribution is 6.08. The van der Waals surface area contributed by atoms with E-state index in [0.717, 1.165) is 0 Å². The van der Waals surface area contributed by atoms with Crippen molar-refractivity contribution in [3.05, 3.63) is 29.8 Å². The van der Waals surface area contributed by atoms with E-state index >= 15 is 0 Å². The Morgan fingerprint density at radius 3 is 2.67 bits per heavy atom. The molecule has 0 N–H and O–H groups in total. The molecule has 15 heavy (non-hydrogen) atoms. The molecular weight excluding hydrogens is 199 g/mol. The lowest BCUT2D eigenvalue weighted by Gasteiger charge is -2.11. The van der Waals surface area contributed by atoms with E-state index in [2.05, 4.69) is 0 Å². The average Bonchev–Trinajstić information content (AvgIpc) is 2.33. The van der Waals surface area contributed by atoms with E-state index in [0.29, 0.717) is 0 Å². The van der Waals surface area contributed by atoms with E-state index < -0.39 is 5.91 Å². The summed E-state index contributed by atoms with van der Waals surface area (Å²) in [4.78, 5) is 24.2. The molecule has 5 heteroatoms. The molecule has 0 atom stereocenters. The zero-order valence-corrected chi connectivity index (χ0v) is 8.11. The van der Waals surface area contributed by atoms with Gasteiger partial charge in [-0.1, -0.05) is 16.6 Å². The standard InChI is InChI=1S/C10H9FN2O2/c1-12-6-9(14)13(11)8-5-3-2-4-7(8)10(12)15/h2-5H,6H2,1H3. The van der Waals surface area contributed by atoms with Crippen LogP contribution in [-0.4, -0.2) is 30.3 Å². The van der Waals surface area contributed by atoms with Crippen molar-refractivity contribution < 1.29 is 14.1 Å². The third kappa shape index (κ3) is 1.45. The molecule has 78 valence electrons. The maximum absolute atomic E-state index is 13.5. The van der Waals surface area contributed by atoms with Crippen molar-refractivity contribution in [2.24, 2.45) is 0 Å². The molecule has 2 rings (SSSR count). The molecule has 1 aliphatic heterocycles. The van der Waals surface area contributed by atoms with Gasteiger partial charge in [0.2, 0.25) is 0 Å². The van der Waals surface area contributed by atoms with Gasteiger partial charge in [-0.25, -0.2) is 0 Å². The van der Waals surface area contributed by atoms with E-state index in [1.165, 1.54) is 24.1 Å². The molecule has 0 unspecified atom stereocenters. The topological polar surface area (TPSA) is 40.6 Å². The number of likely N-dealkylation sites (N-methyl/N-ethyl adjacent to an activating group) is 1. The Kier molecular flexibility index (Phi) is 2.15. The fourth-order valence-corrected chi connectivity index (χ4v) is 1.50. The van der Waals surface area contributed by atoms with Gasteiger partial charge in [-0.3, -0.25) is 9.59 Å². The molecular formula is C10H9FN2O2. The van der Waals surface area contributed by atoms with Crippen LogP contribution in [0.15, 0.2) is 24.3 Å². The maximum Gasteiger partial charge on any atom is 0.274 e. The minimum atomic E-state index is -0.740. The first kappa shape index (κ1) is 9.64. The molecule has 1 aliphatic rings. The van der Waals surface area contributed by atoms with Crippen LogP contribution in [0.3, 0.4) is 0 Å². The van der Waals surface area contributed by atoms with Crippen molar-refractivity contribution >= 4 is 17.5 Å². The largest absolute Gasteiger partial charge is 0.332 e. The summed E-state index contributed by atoms with van der Waals surface area (Å²) >= 11 is 0. The number of nitrogens with zero attached hydrogens (tertiary/aromatic N) is 2. The lowest BCUT2D eigenvalue weighted by atomic mass is 10.1. The Morgan fingerprint density at radius 1 is 1.27 bits per heavy atom. The molecule has 1 aromatic carbocycles. The van der Waals surface area contributed by atoms with Gasteiger partial charge in [0.1, 0.15) is 6.54 Å². The van der Waals surface area contributed by atoms with Crippen molar-refractivity contribution in [3.63, 3.8) is 0 Å². The summed E-state index contributed by atoms with van der Waals surface area (Å²) in [5.41, 5.74) is 0.213. The first-order chi connectivity index (χ1) is 7.11. The predicted octanol–water partition coefficient (Wildman–Crippen LogP) is 0.990. The number of fused-ring (bicyclic) bond motifs is 1. The number of benzene rings is 1. The highest BCUT2D eigenvalue weighted by atomic mass is 19.2. The van der Waals surface area contributed by atoms with Crippen LogP contribution >= 0.6 is 0 Å². The van der Waals surface area contributed by atoms with Gasteiger partial charge in [0.25, 0.3) is 11.8 Å². The first-order valence-corrected chi connectivity index (χ1v) is 4.44. The zero-order chi connectivity index (χ0) is 11.0. The Bertz CT molecular complexity index is 433. The van der Waals surface area contributed by atoms with Crippen LogP contribution in [0.4, 0.5) is 10.2 Å². The lowest BCUT2D eigenvalue weighted by molar-refractivity contribution is -0.121. The average molecular weight is 208 g/mol. The van der Waals surface area contributed by atoms with Crippen molar-refractivity contribution in [3.8, 4) is 0 Å². The molecule has 0 saturated heterocycles. The van der Waals surface area contributed by atoms with E-state index in [1.807, 2.05) is 0 Å². The number of anilines is 1. The van der Waals surface area contributed by atoms with Crippen LogP contribution in [-0.2, 0) is 4.79 Å². The van der Waals surface area contributed by atoms with Gasteiger partial charge in [0.05, 0.1) is 11.3 Å². The van der Waals surface area contributed by atoms with E-state index in [4.69, 9.17) is 0 Å². The minimum Gasteiger partial charge on any atom is -0.332 e. The van der Waals surface area contributed by atoms with Crippen molar-refractivity contribution in [2.75, 3.05) is 18.7 Å². The number of halogens is 1. The third-order valence-corrected chi connectivity index (χ3v) is 2.28. The number of rotatable bonds is 0. The van der Waals surface area contributed by atoms with Crippen LogP contribution in [0, 0.1) is 0 Å². The second-order valence-electron chi connectivity index (χ2n) is 3.35. The molecule has 0 radical (unpaired) electrons. The second kappa shape index (κ2) is 3.34. The summed E-state index contributed by atoms with van der Waals surface area (Å²) in [6.07, 6.45) is 0. The summed E-state index contributed by atoms with van der Waals surface area (Å²) in [6.45, 7) is -0.246. The Balaban J connectivity index is 2.59. The predicted molar refractivity (Wildman–Crippen MR) is 52.0 cm³/mol. The SMILES string of the molecule is CN1CC(=O)N(F)c2ccccc2C1=O. The van der Waals surface area contributed by atoms with Crippen LogP contribution < -0.4 is 5.12 Å². The first-order valence-electron chi connectivity index (χ1n) is 4.44. The van der Waals surface area contributed by atoms with Crippen LogP contribution in [0.5, 0.6) is 0 Å².